The summed E-state index contributed by atoms with van der Waals surface area (Å²) in [5, 5.41) is 0. The van der Waals surface area contributed by atoms with Gasteiger partial charge in [-0.15, -0.1) is 0 Å². The molecular weight excluding hydrogens is 286 g/mol. The zero-order chi connectivity index (χ0) is 16.9. The van der Waals surface area contributed by atoms with Crippen LogP contribution in [0.5, 0.6) is 11.5 Å². The van der Waals surface area contributed by atoms with Crippen molar-refractivity contribution in [3.05, 3.63) is 59.7 Å². The molecule has 1 unspecified atom stereocenters. The van der Waals surface area contributed by atoms with E-state index in [2.05, 4.69) is 32.9 Å². The number of nitrogens with two attached hydrogens (primary N) is 1. The third-order valence-corrected chi connectivity index (χ3v) is 3.63. The fourth-order valence-corrected chi connectivity index (χ4v) is 2.45. The Bertz CT molecular complexity index is 597. The van der Waals surface area contributed by atoms with Crippen LogP contribution in [0.15, 0.2) is 48.5 Å². The maximum atomic E-state index is 6.18. The number of hydrogen-bond donors (Lipinski definition) is 1. The molecule has 0 fully saturated rings. The van der Waals surface area contributed by atoms with Gasteiger partial charge in [-0.3, -0.25) is 0 Å². The van der Waals surface area contributed by atoms with Gasteiger partial charge < -0.3 is 15.2 Å². The highest BCUT2D eigenvalue weighted by molar-refractivity contribution is 5.30. The van der Waals surface area contributed by atoms with E-state index in [0.717, 1.165) is 23.5 Å². The molecule has 0 amide bonds. The summed E-state index contributed by atoms with van der Waals surface area (Å²) in [7, 11) is 1.65. The topological polar surface area (TPSA) is 44.5 Å². The molecular formula is C20H27NO2. The van der Waals surface area contributed by atoms with E-state index < -0.39 is 0 Å². The number of hydrogen-bond acceptors (Lipinski definition) is 3. The molecule has 0 saturated carbocycles. The summed E-state index contributed by atoms with van der Waals surface area (Å²) in [6.45, 7) is 7.17. The second-order valence-electron chi connectivity index (χ2n) is 7.07. The molecule has 2 N–H and O–H groups in total. The summed E-state index contributed by atoms with van der Waals surface area (Å²) in [5.74, 6) is 1.68. The summed E-state index contributed by atoms with van der Waals surface area (Å²) in [5.41, 5.74) is 8.83. The molecule has 0 saturated heterocycles. The van der Waals surface area contributed by atoms with Crippen molar-refractivity contribution in [3.8, 4) is 11.5 Å². The van der Waals surface area contributed by atoms with Crippen LogP contribution >= 0.6 is 0 Å². The van der Waals surface area contributed by atoms with Crippen LogP contribution in [-0.2, 0) is 6.42 Å². The van der Waals surface area contributed by atoms with E-state index in [1.54, 1.807) is 7.11 Å². The highest BCUT2D eigenvalue weighted by atomic mass is 16.5. The summed E-state index contributed by atoms with van der Waals surface area (Å²) >= 11 is 0. The van der Waals surface area contributed by atoms with Gasteiger partial charge in [0.25, 0.3) is 0 Å². The maximum absolute atomic E-state index is 6.18. The normalized spacial score (nSPS) is 12.7. The number of benzene rings is 2. The highest BCUT2D eigenvalue weighted by Crippen LogP contribution is 2.23. The van der Waals surface area contributed by atoms with Crippen molar-refractivity contribution in [3.63, 3.8) is 0 Å². The minimum atomic E-state index is -0.157. The van der Waals surface area contributed by atoms with Crippen LogP contribution in [0.3, 0.4) is 0 Å². The third-order valence-electron chi connectivity index (χ3n) is 3.63. The van der Waals surface area contributed by atoms with E-state index >= 15 is 0 Å². The minimum absolute atomic E-state index is 0.157. The standard InChI is InChI=1S/C20H27NO2/c1-20(2,3)13-15-5-9-18(10-6-15)23-14-19(21)16-7-11-17(22-4)12-8-16/h5-12,19H,13-14,21H2,1-4H3. The summed E-state index contributed by atoms with van der Waals surface area (Å²) in [4.78, 5) is 0. The van der Waals surface area contributed by atoms with Gasteiger partial charge >= 0.3 is 0 Å². The van der Waals surface area contributed by atoms with Crippen LogP contribution in [0.1, 0.15) is 37.9 Å². The fourth-order valence-electron chi connectivity index (χ4n) is 2.45. The zero-order valence-electron chi connectivity index (χ0n) is 14.5. The molecule has 2 aromatic carbocycles. The fraction of sp³-hybridized carbons (Fsp3) is 0.400. The van der Waals surface area contributed by atoms with Crippen molar-refractivity contribution in [2.45, 2.75) is 33.2 Å². The van der Waals surface area contributed by atoms with Gasteiger partial charge in [0.1, 0.15) is 18.1 Å². The molecule has 0 aromatic heterocycles. The van der Waals surface area contributed by atoms with E-state index in [-0.39, 0.29) is 6.04 Å². The first kappa shape index (κ1) is 17.4. The van der Waals surface area contributed by atoms with E-state index in [9.17, 15) is 0 Å². The summed E-state index contributed by atoms with van der Waals surface area (Å²) in [6.07, 6.45) is 1.05. The Labute approximate surface area is 139 Å². The molecule has 0 aliphatic heterocycles. The molecule has 2 rings (SSSR count). The average Bonchev–Trinajstić information content (AvgIpc) is 2.52. The summed E-state index contributed by atoms with van der Waals surface area (Å²) in [6, 6.07) is 15.9. The Hall–Kier alpha value is -2.00. The molecule has 3 nitrogen and oxygen atoms in total. The SMILES string of the molecule is COc1ccc(C(N)COc2ccc(CC(C)(C)C)cc2)cc1. The van der Waals surface area contributed by atoms with Gasteiger partial charge in [0.15, 0.2) is 0 Å². The lowest BCUT2D eigenvalue weighted by Crippen LogP contribution is -2.19. The first-order valence-corrected chi connectivity index (χ1v) is 7.99. The third kappa shape index (κ3) is 5.61. The molecule has 3 heteroatoms. The van der Waals surface area contributed by atoms with Gasteiger partial charge in [0.05, 0.1) is 13.2 Å². The van der Waals surface area contributed by atoms with E-state index in [0.29, 0.717) is 12.0 Å². The van der Waals surface area contributed by atoms with Crippen molar-refractivity contribution in [2.75, 3.05) is 13.7 Å². The van der Waals surface area contributed by atoms with E-state index in [1.165, 1.54) is 5.56 Å². The van der Waals surface area contributed by atoms with Crippen LogP contribution in [0.25, 0.3) is 0 Å². The first-order valence-electron chi connectivity index (χ1n) is 7.99. The molecule has 0 aliphatic carbocycles. The largest absolute Gasteiger partial charge is 0.497 e. The average molecular weight is 313 g/mol. The molecule has 0 radical (unpaired) electrons. The van der Waals surface area contributed by atoms with Gasteiger partial charge in [-0.25, -0.2) is 0 Å². The molecule has 23 heavy (non-hydrogen) atoms. The predicted molar refractivity (Wildman–Crippen MR) is 95.0 cm³/mol. The lowest BCUT2D eigenvalue weighted by molar-refractivity contribution is 0.290. The number of ether oxygens (including phenoxy) is 2. The first-order chi connectivity index (χ1) is 10.9. The molecule has 0 aliphatic rings. The highest BCUT2D eigenvalue weighted by Gasteiger charge is 2.11. The Morgan fingerprint density at radius 1 is 0.913 bits per heavy atom. The number of rotatable bonds is 6. The number of methoxy groups -OCH3 is 1. The Kier molecular flexibility index (Phi) is 5.67. The molecule has 124 valence electrons. The molecule has 0 heterocycles. The maximum Gasteiger partial charge on any atom is 0.119 e. The predicted octanol–water partition coefficient (Wildman–Crippen LogP) is 4.36. The van der Waals surface area contributed by atoms with Gasteiger partial charge in [-0.1, -0.05) is 45.0 Å². The minimum Gasteiger partial charge on any atom is -0.497 e. The van der Waals surface area contributed by atoms with Gasteiger partial charge in [0, 0.05) is 0 Å². The lowest BCUT2D eigenvalue weighted by Gasteiger charge is -2.18. The van der Waals surface area contributed by atoms with Crippen LogP contribution in [0.2, 0.25) is 0 Å². The second-order valence-corrected chi connectivity index (χ2v) is 7.07. The Morgan fingerprint density at radius 3 is 2.00 bits per heavy atom. The van der Waals surface area contributed by atoms with Gasteiger partial charge in [-0.05, 0) is 47.2 Å². The monoisotopic (exact) mass is 313 g/mol. The van der Waals surface area contributed by atoms with Crippen molar-refractivity contribution in [1.82, 2.24) is 0 Å². The molecule has 2 aromatic rings. The van der Waals surface area contributed by atoms with E-state index in [4.69, 9.17) is 15.2 Å². The van der Waals surface area contributed by atoms with Gasteiger partial charge in [-0.2, -0.15) is 0 Å². The van der Waals surface area contributed by atoms with E-state index in [1.807, 2.05) is 36.4 Å². The molecule has 1 atom stereocenters. The molecule has 0 bridgehead atoms. The Morgan fingerprint density at radius 2 is 1.48 bits per heavy atom. The quantitative estimate of drug-likeness (QED) is 0.861. The zero-order valence-corrected chi connectivity index (χ0v) is 14.5. The van der Waals surface area contributed by atoms with Crippen LogP contribution in [-0.4, -0.2) is 13.7 Å². The van der Waals surface area contributed by atoms with Crippen molar-refractivity contribution >= 4 is 0 Å². The second kappa shape index (κ2) is 7.51. The van der Waals surface area contributed by atoms with Crippen molar-refractivity contribution in [1.29, 1.82) is 0 Å². The van der Waals surface area contributed by atoms with Crippen molar-refractivity contribution in [2.24, 2.45) is 11.1 Å². The lowest BCUT2D eigenvalue weighted by atomic mass is 9.88. The van der Waals surface area contributed by atoms with Crippen molar-refractivity contribution < 1.29 is 9.47 Å². The van der Waals surface area contributed by atoms with Crippen LogP contribution in [0.4, 0.5) is 0 Å². The smallest absolute Gasteiger partial charge is 0.119 e. The summed E-state index contributed by atoms with van der Waals surface area (Å²) < 4.78 is 11.0. The van der Waals surface area contributed by atoms with Crippen LogP contribution in [0, 0.1) is 5.41 Å². The molecule has 0 spiro atoms. The van der Waals surface area contributed by atoms with Crippen LogP contribution < -0.4 is 15.2 Å². The van der Waals surface area contributed by atoms with Gasteiger partial charge in [0.2, 0.25) is 0 Å². The Balaban J connectivity index is 1.89.